The van der Waals surface area contributed by atoms with E-state index in [2.05, 4.69) is 0 Å². The van der Waals surface area contributed by atoms with E-state index in [4.69, 9.17) is 14.2 Å². The average molecular weight is 254 g/mol. The van der Waals surface area contributed by atoms with Gasteiger partial charge >= 0.3 is 11.9 Å². The number of ether oxygens (including phenoxy) is 3. The molecule has 18 heavy (non-hydrogen) atoms. The van der Waals surface area contributed by atoms with E-state index in [1.165, 1.54) is 7.11 Å². The van der Waals surface area contributed by atoms with Gasteiger partial charge < -0.3 is 14.2 Å². The van der Waals surface area contributed by atoms with Crippen molar-refractivity contribution < 1.29 is 23.8 Å². The lowest BCUT2D eigenvalue weighted by Crippen LogP contribution is -2.40. The molecule has 2 aliphatic rings. The molecule has 0 N–H and O–H groups in total. The zero-order valence-electron chi connectivity index (χ0n) is 11.0. The summed E-state index contributed by atoms with van der Waals surface area (Å²) < 4.78 is 15.6. The second-order valence-electron chi connectivity index (χ2n) is 5.56. The van der Waals surface area contributed by atoms with E-state index in [-0.39, 0.29) is 12.2 Å². The second-order valence-corrected chi connectivity index (χ2v) is 5.56. The Balaban J connectivity index is 2.17. The smallest absolute Gasteiger partial charge is 0.313 e. The summed E-state index contributed by atoms with van der Waals surface area (Å²) in [6.45, 7) is 5.38. The van der Waals surface area contributed by atoms with Gasteiger partial charge in [-0.3, -0.25) is 9.59 Å². The number of rotatable bonds is 2. The summed E-state index contributed by atoms with van der Waals surface area (Å²) in [6, 6.07) is 0. The zero-order valence-corrected chi connectivity index (χ0v) is 11.0. The monoisotopic (exact) mass is 254 g/mol. The fourth-order valence-electron chi connectivity index (χ4n) is 2.38. The predicted octanol–water partition coefficient (Wildman–Crippen LogP) is 1.07. The molecule has 5 heteroatoms. The molecule has 0 aromatic rings. The number of hydrogen-bond donors (Lipinski definition) is 0. The topological polar surface area (TPSA) is 61.8 Å². The van der Waals surface area contributed by atoms with E-state index in [0.29, 0.717) is 0 Å². The molecule has 0 aromatic heterocycles. The van der Waals surface area contributed by atoms with E-state index in [9.17, 15) is 9.59 Å². The maximum absolute atomic E-state index is 12.1. The molecule has 4 atom stereocenters. The molecule has 2 heterocycles. The molecule has 0 saturated carbocycles. The van der Waals surface area contributed by atoms with Crippen molar-refractivity contribution in [1.82, 2.24) is 0 Å². The second kappa shape index (κ2) is 4.39. The summed E-state index contributed by atoms with van der Waals surface area (Å²) in [4.78, 5) is 23.9. The molecule has 1 saturated heterocycles. The standard InChI is InChI=1S/C13H18O5/c1-13(2,3)18-12(15)10-8-6-5-7(17-8)9(10)11(14)16-4/h5-10H,1-4H3. The van der Waals surface area contributed by atoms with Gasteiger partial charge in [-0.15, -0.1) is 0 Å². The first-order valence-corrected chi connectivity index (χ1v) is 5.98. The van der Waals surface area contributed by atoms with Gasteiger partial charge in [-0.1, -0.05) is 12.2 Å². The third-order valence-corrected chi connectivity index (χ3v) is 3.05. The van der Waals surface area contributed by atoms with Crippen molar-refractivity contribution >= 4 is 11.9 Å². The Labute approximate surface area is 106 Å². The maximum atomic E-state index is 12.1. The van der Waals surface area contributed by atoms with Crippen LogP contribution in [-0.4, -0.2) is 36.9 Å². The van der Waals surface area contributed by atoms with E-state index >= 15 is 0 Å². The lowest BCUT2D eigenvalue weighted by atomic mass is 9.83. The Hall–Kier alpha value is -1.36. The van der Waals surface area contributed by atoms with Crippen molar-refractivity contribution in [3.05, 3.63) is 12.2 Å². The highest BCUT2D eigenvalue weighted by Gasteiger charge is 2.54. The van der Waals surface area contributed by atoms with Crippen LogP contribution in [0.3, 0.4) is 0 Å². The third-order valence-electron chi connectivity index (χ3n) is 3.05. The van der Waals surface area contributed by atoms with Crippen LogP contribution >= 0.6 is 0 Å². The summed E-state index contributed by atoms with van der Waals surface area (Å²) in [5, 5.41) is 0. The molecular formula is C13H18O5. The molecule has 100 valence electrons. The first-order valence-electron chi connectivity index (χ1n) is 5.98. The first kappa shape index (κ1) is 13.1. The van der Waals surface area contributed by atoms with Crippen molar-refractivity contribution in [3.8, 4) is 0 Å². The largest absolute Gasteiger partial charge is 0.469 e. The van der Waals surface area contributed by atoms with Crippen LogP contribution in [0.1, 0.15) is 20.8 Å². The van der Waals surface area contributed by atoms with E-state index in [0.717, 1.165) is 0 Å². The highest BCUT2D eigenvalue weighted by atomic mass is 16.6. The van der Waals surface area contributed by atoms with Crippen molar-refractivity contribution in [2.24, 2.45) is 11.8 Å². The lowest BCUT2D eigenvalue weighted by molar-refractivity contribution is -0.166. The Kier molecular flexibility index (Phi) is 3.19. The number of carbonyl (C=O) groups is 2. The first-order chi connectivity index (χ1) is 8.33. The fourth-order valence-corrected chi connectivity index (χ4v) is 2.38. The van der Waals surface area contributed by atoms with Crippen molar-refractivity contribution in [2.45, 2.75) is 38.6 Å². The quantitative estimate of drug-likeness (QED) is 0.545. The molecule has 0 radical (unpaired) electrons. The van der Waals surface area contributed by atoms with Crippen LogP contribution in [0, 0.1) is 11.8 Å². The minimum absolute atomic E-state index is 0.375. The van der Waals surface area contributed by atoms with Crippen LogP contribution in [-0.2, 0) is 23.8 Å². The van der Waals surface area contributed by atoms with Gasteiger partial charge in [0.25, 0.3) is 0 Å². The van der Waals surface area contributed by atoms with Crippen LogP contribution in [0.4, 0.5) is 0 Å². The molecule has 2 aliphatic heterocycles. The molecule has 2 bridgehead atoms. The molecule has 0 amide bonds. The Morgan fingerprint density at radius 2 is 1.56 bits per heavy atom. The van der Waals surface area contributed by atoms with Gasteiger partial charge in [-0.25, -0.2) is 0 Å². The van der Waals surface area contributed by atoms with E-state index in [1.54, 1.807) is 32.9 Å². The number of hydrogen-bond acceptors (Lipinski definition) is 5. The van der Waals surface area contributed by atoms with Gasteiger partial charge in [-0.2, -0.15) is 0 Å². The Bertz CT molecular complexity index is 393. The SMILES string of the molecule is COC(=O)C1C2C=CC(O2)C1C(=O)OC(C)(C)C. The van der Waals surface area contributed by atoms with Crippen molar-refractivity contribution in [2.75, 3.05) is 7.11 Å². The summed E-state index contributed by atoms with van der Waals surface area (Å²) in [6.07, 6.45) is 2.85. The van der Waals surface area contributed by atoms with Crippen LogP contribution in [0.15, 0.2) is 12.2 Å². The number of methoxy groups -OCH3 is 1. The minimum atomic E-state index is -0.605. The van der Waals surface area contributed by atoms with Crippen LogP contribution in [0.25, 0.3) is 0 Å². The normalized spacial score (nSPS) is 33.6. The summed E-state index contributed by atoms with van der Waals surface area (Å²) in [5.41, 5.74) is -0.580. The highest BCUT2D eigenvalue weighted by Crippen LogP contribution is 2.40. The van der Waals surface area contributed by atoms with Gasteiger partial charge in [0.1, 0.15) is 17.4 Å². The maximum Gasteiger partial charge on any atom is 0.313 e. The number of carbonyl (C=O) groups excluding carboxylic acids is 2. The van der Waals surface area contributed by atoms with Gasteiger partial charge in [0.05, 0.1) is 19.3 Å². The molecule has 5 nitrogen and oxygen atoms in total. The average Bonchev–Trinajstić information content (AvgIpc) is 2.84. The van der Waals surface area contributed by atoms with E-state index < -0.39 is 29.4 Å². The molecule has 1 fully saturated rings. The van der Waals surface area contributed by atoms with Gasteiger partial charge in [0.2, 0.25) is 0 Å². The van der Waals surface area contributed by atoms with Crippen molar-refractivity contribution in [1.29, 1.82) is 0 Å². The van der Waals surface area contributed by atoms with E-state index in [1.807, 2.05) is 0 Å². The number of esters is 2. The molecule has 2 rings (SSSR count). The third kappa shape index (κ3) is 2.27. The van der Waals surface area contributed by atoms with Crippen LogP contribution in [0.2, 0.25) is 0 Å². The molecule has 4 unspecified atom stereocenters. The number of fused-ring (bicyclic) bond motifs is 2. The van der Waals surface area contributed by atoms with Gasteiger partial charge in [0.15, 0.2) is 0 Å². The minimum Gasteiger partial charge on any atom is -0.469 e. The van der Waals surface area contributed by atoms with Crippen molar-refractivity contribution in [3.63, 3.8) is 0 Å². The summed E-state index contributed by atoms with van der Waals surface area (Å²) in [5.74, 6) is -2.04. The van der Waals surface area contributed by atoms with Crippen LogP contribution < -0.4 is 0 Å². The molecule has 0 aromatic carbocycles. The summed E-state index contributed by atoms with van der Waals surface area (Å²) >= 11 is 0. The lowest BCUT2D eigenvalue weighted by Gasteiger charge is -2.26. The predicted molar refractivity (Wildman–Crippen MR) is 62.6 cm³/mol. The molecule has 0 spiro atoms. The fraction of sp³-hybridized carbons (Fsp3) is 0.692. The molecule has 0 aliphatic carbocycles. The molecular weight excluding hydrogens is 236 g/mol. The summed E-state index contributed by atoms with van der Waals surface area (Å²) in [7, 11) is 1.31. The van der Waals surface area contributed by atoms with Gasteiger partial charge in [-0.05, 0) is 20.8 Å². The van der Waals surface area contributed by atoms with Gasteiger partial charge in [0, 0.05) is 0 Å². The highest BCUT2D eigenvalue weighted by molar-refractivity contribution is 5.85. The van der Waals surface area contributed by atoms with Crippen LogP contribution in [0.5, 0.6) is 0 Å². The Morgan fingerprint density at radius 1 is 1.06 bits per heavy atom. The Morgan fingerprint density at radius 3 is 2.00 bits per heavy atom. The zero-order chi connectivity index (χ0) is 13.5.